The molecular weight excluding hydrogens is 330 g/mol. The standard InChI is InChI=1S/C15H22BrN5/c1-5-13-15(16)14(21(6-2)20-13)8-12(17)11-7-9(3)18-19-10(11)4/h7,12H,5-6,8,17H2,1-4H3. The lowest BCUT2D eigenvalue weighted by atomic mass is 10.0. The number of nitrogens with zero attached hydrogens (tertiary/aromatic N) is 4. The van der Waals surface area contributed by atoms with Crippen molar-refractivity contribution < 1.29 is 0 Å². The van der Waals surface area contributed by atoms with Gasteiger partial charge >= 0.3 is 0 Å². The van der Waals surface area contributed by atoms with Gasteiger partial charge in [-0.15, -0.1) is 0 Å². The number of nitrogens with two attached hydrogens (primary N) is 1. The van der Waals surface area contributed by atoms with E-state index < -0.39 is 0 Å². The number of rotatable bonds is 5. The molecule has 0 aliphatic rings. The summed E-state index contributed by atoms with van der Waals surface area (Å²) in [6, 6.07) is 1.91. The van der Waals surface area contributed by atoms with E-state index in [-0.39, 0.29) is 6.04 Å². The van der Waals surface area contributed by atoms with Crippen LogP contribution in [0.1, 0.15) is 48.2 Å². The average Bonchev–Trinajstić information content (AvgIpc) is 2.77. The molecule has 0 spiro atoms. The van der Waals surface area contributed by atoms with Crippen LogP contribution in [0.2, 0.25) is 0 Å². The highest BCUT2D eigenvalue weighted by molar-refractivity contribution is 9.10. The van der Waals surface area contributed by atoms with Crippen LogP contribution in [0.5, 0.6) is 0 Å². The number of halogens is 1. The highest BCUT2D eigenvalue weighted by Gasteiger charge is 2.19. The minimum Gasteiger partial charge on any atom is -0.324 e. The predicted molar refractivity (Wildman–Crippen MR) is 87.1 cm³/mol. The number of hydrogen-bond acceptors (Lipinski definition) is 4. The van der Waals surface area contributed by atoms with Gasteiger partial charge in [-0.2, -0.15) is 15.3 Å². The number of aromatic nitrogens is 4. The summed E-state index contributed by atoms with van der Waals surface area (Å²) in [4.78, 5) is 0. The molecule has 21 heavy (non-hydrogen) atoms. The lowest BCUT2D eigenvalue weighted by molar-refractivity contribution is 0.581. The second-order valence-corrected chi connectivity index (χ2v) is 6.01. The third-order valence-corrected chi connectivity index (χ3v) is 4.56. The Bertz CT molecular complexity index is 635. The lowest BCUT2D eigenvalue weighted by Crippen LogP contribution is -2.18. The molecule has 0 saturated heterocycles. The van der Waals surface area contributed by atoms with Gasteiger partial charge in [0.25, 0.3) is 0 Å². The first kappa shape index (κ1) is 16.1. The first-order chi connectivity index (χ1) is 9.97. The summed E-state index contributed by atoms with van der Waals surface area (Å²) in [6.45, 7) is 8.93. The van der Waals surface area contributed by atoms with E-state index >= 15 is 0 Å². The quantitative estimate of drug-likeness (QED) is 0.898. The molecule has 114 valence electrons. The third kappa shape index (κ3) is 3.32. The zero-order valence-electron chi connectivity index (χ0n) is 13.0. The van der Waals surface area contributed by atoms with Crippen molar-refractivity contribution in [1.82, 2.24) is 20.0 Å². The van der Waals surface area contributed by atoms with Crippen LogP contribution in [0.25, 0.3) is 0 Å². The van der Waals surface area contributed by atoms with E-state index in [1.165, 1.54) is 0 Å². The molecule has 5 nitrogen and oxygen atoms in total. The molecule has 0 amide bonds. The van der Waals surface area contributed by atoms with Gasteiger partial charge in [0.2, 0.25) is 0 Å². The maximum Gasteiger partial charge on any atom is 0.0766 e. The smallest absolute Gasteiger partial charge is 0.0766 e. The van der Waals surface area contributed by atoms with Crippen molar-refractivity contribution in [2.24, 2.45) is 5.73 Å². The van der Waals surface area contributed by atoms with Gasteiger partial charge in [0.1, 0.15) is 0 Å². The van der Waals surface area contributed by atoms with Crippen LogP contribution >= 0.6 is 15.9 Å². The Morgan fingerprint density at radius 1 is 1.29 bits per heavy atom. The molecule has 6 heteroatoms. The van der Waals surface area contributed by atoms with Crippen LogP contribution < -0.4 is 5.73 Å². The SMILES string of the molecule is CCc1nn(CC)c(CC(N)c2cc(C)nnc2C)c1Br. The first-order valence-corrected chi connectivity index (χ1v) is 8.07. The average molecular weight is 352 g/mol. The molecule has 2 rings (SSSR count). The summed E-state index contributed by atoms with van der Waals surface area (Å²) in [5.41, 5.74) is 11.5. The summed E-state index contributed by atoms with van der Waals surface area (Å²) in [5.74, 6) is 0. The van der Waals surface area contributed by atoms with Crippen molar-refractivity contribution >= 4 is 15.9 Å². The second kappa shape index (κ2) is 6.66. The Hall–Kier alpha value is -1.27. The van der Waals surface area contributed by atoms with Crippen LogP contribution in [-0.2, 0) is 19.4 Å². The van der Waals surface area contributed by atoms with E-state index in [4.69, 9.17) is 5.73 Å². The van der Waals surface area contributed by atoms with Crippen molar-refractivity contribution in [2.75, 3.05) is 0 Å². The molecule has 0 bridgehead atoms. The monoisotopic (exact) mass is 351 g/mol. The fourth-order valence-electron chi connectivity index (χ4n) is 2.48. The Morgan fingerprint density at radius 2 is 2.00 bits per heavy atom. The second-order valence-electron chi connectivity index (χ2n) is 5.21. The van der Waals surface area contributed by atoms with Crippen molar-refractivity contribution in [2.45, 2.75) is 53.1 Å². The van der Waals surface area contributed by atoms with E-state index in [9.17, 15) is 0 Å². The van der Waals surface area contributed by atoms with Gasteiger partial charge in [-0.05, 0) is 54.8 Å². The topological polar surface area (TPSA) is 69.6 Å². The van der Waals surface area contributed by atoms with Crippen LogP contribution in [0, 0.1) is 13.8 Å². The molecular formula is C15H22BrN5. The van der Waals surface area contributed by atoms with Crippen LogP contribution in [0.15, 0.2) is 10.5 Å². The van der Waals surface area contributed by atoms with E-state index in [2.05, 4.69) is 45.1 Å². The zero-order valence-corrected chi connectivity index (χ0v) is 14.6. The highest BCUT2D eigenvalue weighted by Crippen LogP contribution is 2.27. The zero-order chi connectivity index (χ0) is 15.6. The third-order valence-electron chi connectivity index (χ3n) is 3.65. The highest BCUT2D eigenvalue weighted by atomic mass is 79.9. The van der Waals surface area contributed by atoms with Crippen molar-refractivity contribution in [3.8, 4) is 0 Å². The van der Waals surface area contributed by atoms with Gasteiger partial charge in [-0.1, -0.05) is 6.92 Å². The van der Waals surface area contributed by atoms with Gasteiger partial charge in [-0.25, -0.2) is 0 Å². The van der Waals surface area contributed by atoms with Crippen molar-refractivity contribution in [3.05, 3.63) is 38.9 Å². The molecule has 2 N–H and O–H groups in total. The van der Waals surface area contributed by atoms with Gasteiger partial charge in [-0.3, -0.25) is 4.68 Å². The fourth-order valence-corrected chi connectivity index (χ4v) is 3.20. The minimum atomic E-state index is -0.109. The molecule has 2 aromatic heterocycles. The summed E-state index contributed by atoms with van der Waals surface area (Å²) in [7, 11) is 0. The summed E-state index contributed by atoms with van der Waals surface area (Å²) < 4.78 is 3.11. The van der Waals surface area contributed by atoms with Gasteiger partial charge in [0.05, 0.1) is 27.2 Å². The molecule has 1 unspecified atom stereocenters. The molecule has 2 heterocycles. The maximum atomic E-state index is 6.41. The molecule has 2 aromatic rings. The summed E-state index contributed by atoms with van der Waals surface area (Å²) >= 11 is 3.67. The molecule has 0 radical (unpaired) electrons. The Labute approximate surface area is 134 Å². The number of hydrogen-bond donors (Lipinski definition) is 1. The Balaban J connectivity index is 2.33. The van der Waals surface area contributed by atoms with E-state index in [0.29, 0.717) is 0 Å². The minimum absolute atomic E-state index is 0.109. The largest absolute Gasteiger partial charge is 0.324 e. The van der Waals surface area contributed by atoms with Crippen molar-refractivity contribution in [1.29, 1.82) is 0 Å². The lowest BCUT2D eigenvalue weighted by Gasteiger charge is -2.15. The van der Waals surface area contributed by atoms with E-state index in [0.717, 1.165) is 52.2 Å². The summed E-state index contributed by atoms with van der Waals surface area (Å²) in [5, 5.41) is 12.8. The molecule has 0 aliphatic carbocycles. The van der Waals surface area contributed by atoms with Gasteiger partial charge in [0, 0.05) is 19.0 Å². The predicted octanol–water partition coefficient (Wildman–Crippen LogP) is 2.88. The van der Waals surface area contributed by atoms with Crippen molar-refractivity contribution in [3.63, 3.8) is 0 Å². The van der Waals surface area contributed by atoms with Crippen LogP contribution in [-0.4, -0.2) is 20.0 Å². The van der Waals surface area contributed by atoms with Crippen LogP contribution in [0.4, 0.5) is 0 Å². The normalized spacial score (nSPS) is 12.7. The van der Waals surface area contributed by atoms with Gasteiger partial charge < -0.3 is 5.73 Å². The first-order valence-electron chi connectivity index (χ1n) is 7.28. The van der Waals surface area contributed by atoms with Crippen LogP contribution in [0.3, 0.4) is 0 Å². The Kier molecular flexibility index (Phi) is 5.11. The van der Waals surface area contributed by atoms with Gasteiger partial charge in [0.15, 0.2) is 0 Å². The molecule has 0 aromatic carbocycles. The molecule has 0 saturated carbocycles. The summed E-state index contributed by atoms with van der Waals surface area (Å²) in [6.07, 6.45) is 1.64. The Morgan fingerprint density at radius 3 is 2.62 bits per heavy atom. The molecule has 0 aliphatic heterocycles. The van der Waals surface area contributed by atoms with E-state index in [1.54, 1.807) is 0 Å². The fraction of sp³-hybridized carbons (Fsp3) is 0.533. The number of aryl methyl sites for hydroxylation is 4. The molecule has 1 atom stereocenters. The maximum absolute atomic E-state index is 6.41. The molecule has 0 fully saturated rings. The van der Waals surface area contributed by atoms with E-state index in [1.807, 2.05) is 24.6 Å².